The van der Waals surface area contributed by atoms with E-state index in [1.165, 1.54) is 0 Å². The van der Waals surface area contributed by atoms with Gasteiger partial charge in [0.05, 0.1) is 29.3 Å². The van der Waals surface area contributed by atoms with E-state index in [1.807, 2.05) is 0 Å². The smallest absolute Gasteiger partial charge is 0.325 e. The summed E-state index contributed by atoms with van der Waals surface area (Å²) in [6.45, 7) is 0. The van der Waals surface area contributed by atoms with Gasteiger partial charge in [0.15, 0.2) is 6.04 Å². The average molecular weight is 277 g/mol. The van der Waals surface area contributed by atoms with Crippen molar-refractivity contribution in [3.8, 4) is 0 Å². The molecule has 7 heteroatoms. The van der Waals surface area contributed by atoms with Gasteiger partial charge in [0.2, 0.25) is 0 Å². The van der Waals surface area contributed by atoms with Crippen LogP contribution in [0.2, 0.25) is 0 Å². The second-order valence-electron chi connectivity index (χ2n) is 1.71. The Morgan fingerprint density at radius 3 is 2.09 bits per heavy atom. The molecule has 0 saturated carbocycles. The van der Waals surface area contributed by atoms with Crippen LogP contribution in [0.5, 0.6) is 0 Å². The molecule has 0 aromatic carbocycles. The van der Waals surface area contributed by atoms with Gasteiger partial charge in [-0.1, -0.05) is 3.34 Å². The number of halogens is 2. The van der Waals surface area contributed by atoms with Gasteiger partial charge < -0.3 is 10.2 Å². The van der Waals surface area contributed by atoms with Gasteiger partial charge in [-0.25, -0.2) is 0 Å². The van der Waals surface area contributed by atoms with E-state index in [-0.39, 0.29) is 3.34 Å². The molecular formula is C4H5FINO4. The van der Waals surface area contributed by atoms with E-state index in [2.05, 4.69) is 0 Å². The average Bonchev–Trinajstić information content (AvgIpc) is 1.81. The zero-order valence-electron chi connectivity index (χ0n) is 5.20. The summed E-state index contributed by atoms with van der Waals surface area (Å²) in [5.74, 6) is -2.85. The zero-order chi connectivity index (χ0) is 9.02. The van der Waals surface area contributed by atoms with Crippen molar-refractivity contribution in [3.05, 3.63) is 0 Å². The predicted octanol–water partition coefficient (Wildman–Crippen LogP) is 0.451. The van der Waals surface area contributed by atoms with Gasteiger partial charge >= 0.3 is 11.9 Å². The highest BCUT2D eigenvalue weighted by atomic mass is 127. The Morgan fingerprint density at radius 1 is 1.55 bits per heavy atom. The lowest BCUT2D eigenvalue weighted by atomic mass is 10.2. The lowest BCUT2D eigenvalue weighted by Crippen LogP contribution is -2.31. The molecule has 1 atom stereocenters. The first-order valence-electron chi connectivity index (χ1n) is 2.50. The van der Waals surface area contributed by atoms with E-state index in [9.17, 15) is 14.1 Å². The van der Waals surface area contributed by atoms with Crippen molar-refractivity contribution in [1.82, 2.24) is 3.34 Å². The molecule has 0 radical (unpaired) electrons. The molecule has 11 heavy (non-hydrogen) atoms. The van der Waals surface area contributed by atoms with E-state index in [4.69, 9.17) is 10.2 Å². The summed E-state index contributed by atoms with van der Waals surface area (Å²) in [6, 6.07) is -1.62. The summed E-state index contributed by atoms with van der Waals surface area (Å²) in [5, 5.41) is 16.4. The van der Waals surface area contributed by atoms with Crippen molar-refractivity contribution in [3.63, 3.8) is 0 Å². The lowest BCUT2D eigenvalue weighted by Gasteiger charge is -2.10. The molecule has 0 heterocycles. The SMILES string of the molecule is O=C(O)C[C@@H](C(=O)O)N(F)I. The van der Waals surface area contributed by atoms with Gasteiger partial charge in [-0.2, -0.15) is 0 Å². The molecule has 0 bridgehead atoms. The maximum atomic E-state index is 12.2. The number of hydrogen-bond acceptors (Lipinski definition) is 3. The Labute approximate surface area is 75.2 Å². The molecule has 0 aliphatic carbocycles. The fraction of sp³-hybridized carbons (Fsp3) is 0.500. The van der Waals surface area contributed by atoms with Crippen LogP contribution in [0.15, 0.2) is 0 Å². The Kier molecular flexibility index (Phi) is 4.26. The van der Waals surface area contributed by atoms with E-state index in [0.29, 0.717) is 0 Å². The first kappa shape index (κ1) is 10.6. The molecule has 0 amide bonds. The molecule has 0 aromatic rings. The van der Waals surface area contributed by atoms with Crippen LogP contribution in [-0.4, -0.2) is 31.5 Å². The summed E-state index contributed by atoms with van der Waals surface area (Å²) < 4.78 is 12.0. The molecule has 0 aliphatic rings. The topological polar surface area (TPSA) is 77.8 Å². The van der Waals surface area contributed by atoms with Gasteiger partial charge in [-0.05, 0) is 0 Å². The Bertz CT molecular complexity index is 173. The van der Waals surface area contributed by atoms with Crippen molar-refractivity contribution in [2.24, 2.45) is 0 Å². The fourth-order valence-corrected chi connectivity index (χ4v) is 0.840. The van der Waals surface area contributed by atoms with Crippen LogP contribution in [0.4, 0.5) is 4.48 Å². The van der Waals surface area contributed by atoms with Crippen molar-refractivity contribution in [2.75, 3.05) is 0 Å². The summed E-state index contributed by atoms with van der Waals surface area (Å²) >= 11 is 1.08. The minimum absolute atomic E-state index is 0.172. The monoisotopic (exact) mass is 277 g/mol. The molecule has 0 aliphatic heterocycles. The van der Waals surface area contributed by atoms with Crippen LogP contribution in [0.1, 0.15) is 6.42 Å². The highest BCUT2D eigenvalue weighted by Gasteiger charge is 2.26. The third-order valence-electron chi connectivity index (χ3n) is 0.889. The number of hydrogen-bond donors (Lipinski definition) is 2. The maximum absolute atomic E-state index is 12.2. The van der Waals surface area contributed by atoms with E-state index in [0.717, 1.165) is 22.9 Å². The lowest BCUT2D eigenvalue weighted by molar-refractivity contribution is -0.150. The Hall–Kier alpha value is -0.440. The standard InChI is InChI=1S/C4H5FINO4/c5-7(6)2(4(10)11)1-3(8)9/h2H,1H2,(H,8,9)(H,10,11)/t2-/m0/s1. The number of nitrogens with zero attached hydrogens (tertiary/aromatic N) is 1. The third-order valence-corrected chi connectivity index (χ3v) is 1.56. The highest BCUT2D eigenvalue weighted by molar-refractivity contribution is 14.1. The van der Waals surface area contributed by atoms with E-state index in [1.54, 1.807) is 0 Å². The van der Waals surface area contributed by atoms with Gasteiger partial charge in [0, 0.05) is 0 Å². The molecule has 0 saturated heterocycles. The summed E-state index contributed by atoms with van der Waals surface area (Å²) in [4.78, 5) is 20.1. The summed E-state index contributed by atoms with van der Waals surface area (Å²) in [6.07, 6.45) is -0.755. The first-order valence-corrected chi connectivity index (χ1v) is 3.47. The number of carboxylic acid groups (broad SMARTS) is 2. The Balaban J connectivity index is 4.12. The van der Waals surface area contributed by atoms with Gasteiger partial charge in [0.25, 0.3) is 0 Å². The van der Waals surface area contributed by atoms with Crippen molar-refractivity contribution in [2.45, 2.75) is 12.5 Å². The molecule has 0 aromatic heterocycles. The first-order chi connectivity index (χ1) is 4.95. The van der Waals surface area contributed by atoms with Crippen LogP contribution in [-0.2, 0) is 9.59 Å². The van der Waals surface area contributed by atoms with Crippen LogP contribution < -0.4 is 0 Å². The van der Waals surface area contributed by atoms with E-state index < -0.39 is 24.4 Å². The molecule has 0 rings (SSSR count). The van der Waals surface area contributed by atoms with Gasteiger partial charge in [-0.15, -0.1) is 4.48 Å². The second kappa shape index (κ2) is 4.44. The van der Waals surface area contributed by atoms with E-state index >= 15 is 0 Å². The minimum Gasteiger partial charge on any atom is -0.481 e. The van der Waals surface area contributed by atoms with Crippen LogP contribution >= 0.6 is 22.9 Å². The second-order valence-corrected chi connectivity index (χ2v) is 2.63. The quantitative estimate of drug-likeness (QED) is 0.576. The van der Waals surface area contributed by atoms with Gasteiger partial charge in [0.1, 0.15) is 0 Å². The molecule has 2 N–H and O–H groups in total. The normalized spacial score (nSPS) is 13.0. The van der Waals surface area contributed by atoms with Crippen molar-refractivity contribution in [1.29, 1.82) is 0 Å². The minimum atomic E-state index is -1.62. The molecule has 0 unspecified atom stereocenters. The number of carbonyl (C=O) groups is 2. The summed E-state index contributed by atoms with van der Waals surface area (Å²) in [5.41, 5.74) is 0. The van der Waals surface area contributed by atoms with Crippen LogP contribution in [0.25, 0.3) is 0 Å². The number of carboxylic acids is 2. The maximum Gasteiger partial charge on any atom is 0.325 e. The largest absolute Gasteiger partial charge is 0.481 e. The molecular weight excluding hydrogens is 272 g/mol. The van der Waals surface area contributed by atoms with Gasteiger partial charge in [-0.3, -0.25) is 9.59 Å². The molecule has 0 fully saturated rings. The molecule has 0 spiro atoms. The predicted molar refractivity (Wildman–Crippen MR) is 40.6 cm³/mol. The third kappa shape index (κ3) is 4.09. The summed E-state index contributed by atoms with van der Waals surface area (Å²) in [7, 11) is 0. The highest BCUT2D eigenvalue weighted by Crippen LogP contribution is 2.10. The van der Waals surface area contributed by atoms with Crippen LogP contribution in [0, 0.1) is 0 Å². The van der Waals surface area contributed by atoms with Crippen molar-refractivity contribution < 1.29 is 24.3 Å². The Morgan fingerprint density at radius 2 is 2.00 bits per heavy atom. The molecule has 64 valence electrons. The number of aliphatic carboxylic acids is 2. The molecule has 5 nitrogen and oxygen atoms in total. The zero-order valence-corrected chi connectivity index (χ0v) is 7.36. The van der Waals surface area contributed by atoms with Crippen molar-refractivity contribution >= 4 is 34.8 Å². The fourth-order valence-electron chi connectivity index (χ4n) is 0.405. The van der Waals surface area contributed by atoms with Crippen LogP contribution in [0.3, 0.4) is 0 Å². The number of rotatable bonds is 4.